The van der Waals surface area contributed by atoms with Gasteiger partial charge in [0.15, 0.2) is 0 Å². The SMILES string of the molecule is CCCC(O)(C#Cc1cccc(C#CCNC(=O)C(F)(F)F)c1)CCC. The van der Waals surface area contributed by atoms with E-state index < -0.39 is 24.2 Å². The highest BCUT2D eigenvalue weighted by Gasteiger charge is 2.38. The summed E-state index contributed by atoms with van der Waals surface area (Å²) in [5.41, 5.74) is 0.196. The van der Waals surface area contributed by atoms with Crippen LogP contribution in [0.25, 0.3) is 0 Å². The Morgan fingerprint density at radius 3 is 2.23 bits per heavy atom. The van der Waals surface area contributed by atoms with Gasteiger partial charge in [-0.1, -0.05) is 56.4 Å². The summed E-state index contributed by atoms with van der Waals surface area (Å²) in [5, 5.41) is 12.2. The van der Waals surface area contributed by atoms with Crippen molar-refractivity contribution in [1.29, 1.82) is 0 Å². The van der Waals surface area contributed by atoms with Gasteiger partial charge < -0.3 is 10.4 Å². The number of aliphatic hydroxyl groups is 1. The molecule has 0 fully saturated rings. The Bertz CT molecular complexity index is 727. The third-order valence-corrected chi connectivity index (χ3v) is 3.46. The van der Waals surface area contributed by atoms with Gasteiger partial charge in [-0.3, -0.25) is 4.79 Å². The van der Waals surface area contributed by atoms with E-state index in [9.17, 15) is 23.1 Å². The molecule has 0 radical (unpaired) electrons. The minimum Gasteiger partial charge on any atom is -0.378 e. The Kier molecular flexibility index (Phi) is 8.22. The van der Waals surface area contributed by atoms with Crippen LogP contribution in [0.4, 0.5) is 13.2 Å². The average Bonchev–Trinajstić information content (AvgIpc) is 2.57. The maximum absolute atomic E-state index is 12.0. The molecule has 0 aliphatic rings. The van der Waals surface area contributed by atoms with E-state index in [2.05, 4.69) is 23.7 Å². The molecule has 0 atom stereocenters. The van der Waals surface area contributed by atoms with Crippen LogP contribution in [0.3, 0.4) is 0 Å². The van der Waals surface area contributed by atoms with Gasteiger partial charge in [-0.05, 0) is 31.0 Å². The van der Waals surface area contributed by atoms with Gasteiger partial charge in [0.2, 0.25) is 0 Å². The highest BCUT2D eigenvalue weighted by Crippen LogP contribution is 2.18. The van der Waals surface area contributed by atoms with Gasteiger partial charge in [-0.2, -0.15) is 13.2 Å². The molecule has 1 rings (SSSR count). The molecule has 0 unspecified atom stereocenters. The standard InChI is InChI=1S/C20H22F3NO2/c1-3-11-19(26,12-4-2)13-10-17-8-5-7-16(15-17)9-6-14-24-18(25)20(21,22)23/h5,7-8,15,26H,3-4,11-12,14H2,1-2H3,(H,24,25). The molecule has 0 aromatic heterocycles. The Hall–Kier alpha value is -2.44. The molecule has 1 aromatic rings. The molecule has 0 aliphatic heterocycles. The fourth-order valence-corrected chi connectivity index (χ4v) is 2.31. The molecule has 3 nitrogen and oxygen atoms in total. The number of rotatable bonds is 5. The van der Waals surface area contributed by atoms with E-state index in [1.165, 1.54) is 0 Å². The number of alkyl halides is 3. The molecule has 0 saturated carbocycles. The first-order valence-electron chi connectivity index (χ1n) is 8.39. The normalized spacial score (nSPS) is 11.0. The summed E-state index contributed by atoms with van der Waals surface area (Å²) in [6.07, 6.45) is -2.09. The number of nitrogens with one attached hydrogen (secondary N) is 1. The lowest BCUT2D eigenvalue weighted by atomic mass is 9.93. The molecule has 140 valence electrons. The van der Waals surface area contributed by atoms with Gasteiger partial charge in [0.05, 0.1) is 6.54 Å². The Labute approximate surface area is 152 Å². The second kappa shape index (κ2) is 9.89. The number of hydrogen-bond acceptors (Lipinski definition) is 2. The maximum Gasteiger partial charge on any atom is 0.471 e. The first kappa shape index (κ1) is 21.6. The van der Waals surface area contributed by atoms with Crippen molar-refractivity contribution in [2.45, 2.75) is 51.3 Å². The highest BCUT2D eigenvalue weighted by atomic mass is 19.4. The fourth-order valence-electron chi connectivity index (χ4n) is 2.31. The van der Waals surface area contributed by atoms with Crippen molar-refractivity contribution >= 4 is 5.91 Å². The van der Waals surface area contributed by atoms with Crippen LogP contribution >= 0.6 is 0 Å². The van der Waals surface area contributed by atoms with Crippen LogP contribution in [0.15, 0.2) is 24.3 Å². The highest BCUT2D eigenvalue weighted by molar-refractivity contribution is 5.81. The third-order valence-electron chi connectivity index (χ3n) is 3.46. The van der Waals surface area contributed by atoms with Crippen molar-refractivity contribution in [3.63, 3.8) is 0 Å². The molecule has 0 spiro atoms. The lowest BCUT2D eigenvalue weighted by molar-refractivity contribution is -0.173. The average molecular weight is 365 g/mol. The van der Waals surface area contributed by atoms with Gasteiger partial charge in [0.25, 0.3) is 0 Å². The molecule has 0 bridgehead atoms. The minimum atomic E-state index is -4.91. The van der Waals surface area contributed by atoms with E-state index in [4.69, 9.17) is 0 Å². The summed E-state index contributed by atoms with van der Waals surface area (Å²) in [5.74, 6) is 8.98. The molecule has 1 amide bonds. The van der Waals surface area contributed by atoms with E-state index in [-0.39, 0.29) is 0 Å². The van der Waals surface area contributed by atoms with Crippen LogP contribution in [0.2, 0.25) is 0 Å². The molecule has 6 heteroatoms. The van der Waals surface area contributed by atoms with Crippen molar-refractivity contribution in [2.75, 3.05) is 6.54 Å². The molecule has 0 saturated heterocycles. The van der Waals surface area contributed by atoms with Gasteiger partial charge in [0.1, 0.15) is 5.60 Å². The number of halogens is 3. The van der Waals surface area contributed by atoms with Crippen LogP contribution in [0.1, 0.15) is 50.7 Å². The summed E-state index contributed by atoms with van der Waals surface area (Å²) in [6, 6.07) is 6.86. The topological polar surface area (TPSA) is 49.3 Å². The van der Waals surface area contributed by atoms with E-state index in [1.807, 2.05) is 13.8 Å². The first-order chi connectivity index (χ1) is 12.2. The van der Waals surface area contributed by atoms with Gasteiger partial charge >= 0.3 is 12.1 Å². The summed E-state index contributed by atoms with van der Waals surface area (Å²) >= 11 is 0. The third kappa shape index (κ3) is 7.63. The van der Waals surface area contributed by atoms with Crippen LogP contribution in [-0.2, 0) is 4.79 Å². The zero-order valence-electron chi connectivity index (χ0n) is 14.8. The molecule has 26 heavy (non-hydrogen) atoms. The predicted molar refractivity (Wildman–Crippen MR) is 94.0 cm³/mol. The number of hydrogen-bond donors (Lipinski definition) is 2. The van der Waals surface area contributed by atoms with Crippen molar-refractivity contribution in [3.05, 3.63) is 35.4 Å². The second-order valence-corrected chi connectivity index (χ2v) is 5.84. The molecule has 0 aliphatic carbocycles. The summed E-state index contributed by atoms with van der Waals surface area (Å²) in [4.78, 5) is 10.7. The lowest BCUT2D eigenvalue weighted by Gasteiger charge is -2.20. The summed E-state index contributed by atoms with van der Waals surface area (Å²) in [7, 11) is 0. The predicted octanol–water partition coefficient (Wildman–Crippen LogP) is 3.40. The fraction of sp³-hybridized carbons (Fsp3) is 0.450. The van der Waals surface area contributed by atoms with E-state index in [0.29, 0.717) is 24.0 Å². The summed E-state index contributed by atoms with van der Waals surface area (Å²) < 4.78 is 36.1. The van der Waals surface area contributed by atoms with E-state index in [1.54, 1.807) is 29.6 Å². The van der Waals surface area contributed by atoms with E-state index >= 15 is 0 Å². The largest absolute Gasteiger partial charge is 0.471 e. The van der Waals surface area contributed by atoms with Gasteiger partial charge in [0, 0.05) is 11.1 Å². The van der Waals surface area contributed by atoms with Crippen molar-refractivity contribution in [2.24, 2.45) is 0 Å². The Morgan fingerprint density at radius 2 is 1.69 bits per heavy atom. The van der Waals surface area contributed by atoms with Crippen molar-refractivity contribution < 1.29 is 23.1 Å². The van der Waals surface area contributed by atoms with Gasteiger partial charge in [-0.25, -0.2) is 0 Å². The smallest absolute Gasteiger partial charge is 0.378 e. The van der Waals surface area contributed by atoms with Crippen LogP contribution in [0, 0.1) is 23.7 Å². The lowest BCUT2D eigenvalue weighted by Crippen LogP contribution is -2.36. The molecule has 1 aromatic carbocycles. The zero-order valence-corrected chi connectivity index (χ0v) is 14.8. The van der Waals surface area contributed by atoms with Gasteiger partial charge in [-0.15, -0.1) is 0 Å². The Balaban J connectivity index is 2.80. The number of benzene rings is 1. The molecule has 0 heterocycles. The van der Waals surface area contributed by atoms with Crippen molar-refractivity contribution in [3.8, 4) is 23.7 Å². The summed E-state index contributed by atoms with van der Waals surface area (Å²) in [6.45, 7) is 3.56. The van der Waals surface area contributed by atoms with Crippen LogP contribution in [-0.4, -0.2) is 29.3 Å². The monoisotopic (exact) mass is 365 g/mol. The quantitative estimate of drug-likeness (QED) is 0.786. The first-order valence-corrected chi connectivity index (χ1v) is 8.39. The van der Waals surface area contributed by atoms with Crippen LogP contribution < -0.4 is 5.32 Å². The molecular weight excluding hydrogens is 343 g/mol. The van der Waals surface area contributed by atoms with E-state index in [0.717, 1.165) is 12.8 Å². The van der Waals surface area contributed by atoms with Crippen molar-refractivity contribution in [1.82, 2.24) is 5.32 Å². The maximum atomic E-state index is 12.0. The Morgan fingerprint density at radius 1 is 1.12 bits per heavy atom. The molecule has 2 N–H and O–H groups in total. The van der Waals surface area contributed by atoms with Crippen LogP contribution in [0.5, 0.6) is 0 Å². The zero-order chi connectivity index (χ0) is 19.6. The minimum absolute atomic E-state index is 0.402. The molecular formula is C20H22F3NO2. The number of carbonyl (C=O) groups is 1. The number of carbonyl (C=O) groups excluding carboxylic acids is 1. The number of amides is 1. The second-order valence-electron chi connectivity index (χ2n) is 5.84.